The van der Waals surface area contributed by atoms with Gasteiger partial charge in [-0.15, -0.1) is 0 Å². The Labute approximate surface area is 189 Å². The lowest BCUT2D eigenvalue weighted by molar-refractivity contribution is -0.116. The highest BCUT2D eigenvalue weighted by atomic mass is 32.2. The number of hydrogen-bond acceptors (Lipinski definition) is 5. The topological polar surface area (TPSA) is 79.0 Å². The van der Waals surface area contributed by atoms with E-state index in [1.54, 1.807) is 30.3 Å². The van der Waals surface area contributed by atoms with Gasteiger partial charge in [-0.3, -0.25) is 4.79 Å². The molecule has 3 rings (SSSR count). The molecule has 1 heterocycles. The molecule has 1 aliphatic rings. The Kier molecular flexibility index (Phi) is 8.22. The van der Waals surface area contributed by atoms with Gasteiger partial charge in [-0.2, -0.15) is 4.31 Å². The van der Waals surface area contributed by atoms with Crippen LogP contribution in [0.3, 0.4) is 0 Å². The lowest BCUT2D eigenvalue weighted by Crippen LogP contribution is -2.40. The molecule has 1 N–H and O–H groups in total. The molecule has 0 spiro atoms. The second kappa shape index (κ2) is 10.9. The van der Waals surface area contributed by atoms with Crippen molar-refractivity contribution in [1.82, 2.24) is 4.31 Å². The van der Waals surface area contributed by atoms with Crippen molar-refractivity contribution >= 4 is 27.3 Å². The monoisotopic (exact) mass is 463 g/mol. The van der Waals surface area contributed by atoms with Crippen LogP contribution in [0.15, 0.2) is 47.4 Å². The summed E-state index contributed by atoms with van der Waals surface area (Å²) in [5, 5.41) is 2.85. The van der Waals surface area contributed by atoms with Crippen molar-refractivity contribution in [1.29, 1.82) is 0 Å². The fourth-order valence-corrected chi connectivity index (χ4v) is 5.15. The van der Waals surface area contributed by atoms with E-state index in [2.05, 4.69) is 5.32 Å². The second-order valence-electron chi connectivity index (χ2n) is 7.51. The molecular weight excluding hydrogens is 433 g/mol. The Hall–Kier alpha value is -2.49. The van der Waals surface area contributed by atoms with Crippen molar-refractivity contribution < 1.29 is 22.3 Å². The molecule has 0 bridgehead atoms. The summed E-state index contributed by atoms with van der Waals surface area (Å²) in [5.74, 6) is -0.648. The van der Waals surface area contributed by atoms with E-state index in [-0.39, 0.29) is 29.5 Å². The number of halogens is 1. The van der Waals surface area contributed by atoms with Gasteiger partial charge in [0.2, 0.25) is 15.9 Å². The van der Waals surface area contributed by atoms with Crippen LogP contribution in [0.2, 0.25) is 0 Å². The van der Waals surface area contributed by atoms with Gasteiger partial charge in [0.1, 0.15) is 5.82 Å². The van der Waals surface area contributed by atoms with E-state index in [0.717, 1.165) is 5.69 Å². The summed E-state index contributed by atoms with van der Waals surface area (Å²) in [6.07, 6.45) is 0.337. The van der Waals surface area contributed by atoms with Crippen LogP contribution >= 0.6 is 0 Å². The van der Waals surface area contributed by atoms with E-state index in [4.69, 9.17) is 4.74 Å². The molecule has 1 saturated heterocycles. The highest BCUT2D eigenvalue weighted by Crippen LogP contribution is 2.30. The largest absolute Gasteiger partial charge is 0.379 e. The van der Waals surface area contributed by atoms with Gasteiger partial charge >= 0.3 is 0 Å². The maximum Gasteiger partial charge on any atom is 0.243 e. The molecule has 174 valence electrons. The SMILES string of the molecule is CCN(CC)c1ccc(S(=O)(=O)N2CCOCC2)cc1NC(=O)CCc1ccccc1F. The zero-order chi connectivity index (χ0) is 23.1. The number of anilines is 2. The van der Waals surface area contributed by atoms with Crippen molar-refractivity contribution in [2.75, 3.05) is 49.6 Å². The number of morpholine rings is 1. The van der Waals surface area contributed by atoms with E-state index in [9.17, 15) is 17.6 Å². The highest BCUT2D eigenvalue weighted by molar-refractivity contribution is 7.89. The molecule has 0 unspecified atom stereocenters. The Morgan fingerprint density at radius 1 is 1.12 bits per heavy atom. The summed E-state index contributed by atoms with van der Waals surface area (Å²) in [7, 11) is -3.70. The van der Waals surface area contributed by atoms with Crippen LogP contribution in [-0.2, 0) is 26.0 Å². The third-order valence-electron chi connectivity index (χ3n) is 5.53. The van der Waals surface area contributed by atoms with Gasteiger partial charge in [0.05, 0.1) is 29.5 Å². The van der Waals surface area contributed by atoms with Crippen molar-refractivity contribution in [3.63, 3.8) is 0 Å². The van der Waals surface area contributed by atoms with E-state index < -0.39 is 10.0 Å². The Bertz CT molecular complexity index is 1040. The fourth-order valence-electron chi connectivity index (χ4n) is 3.71. The highest BCUT2D eigenvalue weighted by Gasteiger charge is 2.27. The summed E-state index contributed by atoms with van der Waals surface area (Å²) in [6, 6.07) is 11.2. The molecule has 1 aliphatic heterocycles. The van der Waals surface area contributed by atoms with Crippen LogP contribution in [0.4, 0.5) is 15.8 Å². The minimum Gasteiger partial charge on any atom is -0.379 e. The van der Waals surface area contributed by atoms with Crippen molar-refractivity contribution in [2.24, 2.45) is 0 Å². The number of ether oxygens (including phenoxy) is 1. The summed E-state index contributed by atoms with van der Waals surface area (Å²) < 4.78 is 46.7. The number of amides is 1. The first-order valence-electron chi connectivity index (χ1n) is 10.9. The van der Waals surface area contributed by atoms with Gasteiger partial charge in [-0.05, 0) is 50.1 Å². The number of rotatable bonds is 9. The van der Waals surface area contributed by atoms with Gasteiger partial charge in [0.15, 0.2) is 0 Å². The van der Waals surface area contributed by atoms with Crippen LogP contribution in [0.1, 0.15) is 25.8 Å². The van der Waals surface area contributed by atoms with E-state index in [1.165, 1.54) is 16.4 Å². The van der Waals surface area contributed by atoms with Crippen LogP contribution in [0.25, 0.3) is 0 Å². The maximum absolute atomic E-state index is 13.9. The number of carbonyl (C=O) groups is 1. The van der Waals surface area contributed by atoms with Crippen molar-refractivity contribution in [3.05, 3.63) is 53.8 Å². The predicted octanol–water partition coefficient (Wildman–Crippen LogP) is 3.26. The van der Waals surface area contributed by atoms with E-state index in [0.29, 0.717) is 50.6 Å². The quantitative estimate of drug-likeness (QED) is 0.618. The van der Waals surface area contributed by atoms with Gasteiger partial charge in [-0.25, -0.2) is 12.8 Å². The molecule has 1 fully saturated rings. The lowest BCUT2D eigenvalue weighted by atomic mass is 10.1. The molecule has 32 heavy (non-hydrogen) atoms. The summed E-state index contributed by atoms with van der Waals surface area (Å²) >= 11 is 0. The first-order valence-corrected chi connectivity index (χ1v) is 12.3. The van der Waals surface area contributed by atoms with Crippen LogP contribution < -0.4 is 10.2 Å². The molecule has 0 saturated carbocycles. The normalized spacial score (nSPS) is 14.8. The molecule has 9 heteroatoms. The number of benzene rings is 2. The number of nitrogens with one attached hydrogen (secondary N) is 1. The fraction of sp³-hybridized carbons (Fsp3) is 0.435. The number of nitrogens with zero attached hydrogens (tertiary/aromatic N) is 2. The number of aryl methyl sites for hydroxylation is 1. The zero-order valence-corrected chi connectivity index (χ0v) is 19.3. The summed E-state index contributed by atoms with van der Waals surface area (Å²) in [6.45, 7) is 6.69. The van der Waals surface area contributed by atoms with Crippen molar-refractivity contribution in [3.8, 4) is 0 Å². The molecule has 1 amide bonds. The van der Waals surface area contributed by atoms with Crippen LogP contribution in [0, 0.1) is 5.82 Å². The third-order valence-corrected chi connectivity index (χ3v) is 7.43. The lowest BCUT2D eigenvalue weighted by Gasteiger charge is -2.28. The molecule has 0 aliphatic carbocycles. The predicted molar refractivity (Wildman–Crippen MR) is 123 cm³/mol. The number of carbonyl (C=O) groups excluding carboxylic acids is 1. The van der Waals surface area contributed by atoms with E-state index >= 15 is 0 Å². The Balaban J connectivity index is 1.84. The minimum atomic E-state index is -3.70. The average molecular weight is 464 g/mol. The smallest absolute Gasteiger partial charge is 0.243 e. The first kappa shape index (κ1) is 24.2. The van der Waals surface area contributed by atoms with Gasteiger partial charge in [-0.1, -0.05) is 18.2 Å². The molecule has 0 aromatic heterocycles. The Morgan fingerprint density at radius 2 is 1.81 bits per heavy atom. The number of sulfonamides is 1. The van der Waals surface area contributed by atoms with Crippen molar-refractivity contribution in [2.45, 2.75) is 31.6 Å². The zero-order valence-electron chi connectivity index (χ0n) is 18.5. The minimum absolute atomic E-state index is 0.0824. The maximum atomic E-state index is 13.9. The molecule has 7 nitrogen and oxygen atoms in total. The molecule has 2 aromatic rings. The van der Waals surface area contributed by atoms with Gasteiger partial charge < -0.3 is 15.0 Å². The number of hydrogen-bond donors (Lipinski definition) is 1. The summed E-state index contributed by atoms with van der Waals surface area (Å²) in [4.78, 5) is 14.8. The molecule has 0 atom stereocenters. The molecular formula is C23H30FN3O4S. The standard InChI is InChI=1S/C23H30FN3O4S/c1-3-26(4-2)22-11-10-19(32(29,30)27-13-15-31-16-14-27)17-21(22)25-23(28)12-9-18-7-5-6-8-20(18)24/h5-8,10-11,17H,3-4,9,12-16H2,1-2H3,(H,25,28). The average Bonchev–Trinajstić information content (AvgIpc) is 2.80. The first-order chi connectivity index (χ1) is 15.4. The van der Waals surface area contributed by atoms with E-state index in [1.807, 2.05) is 18.7 Å². The van der Waals surface area contributed by atoms with Crippen LogP contribution in [-0.4, -0.2) is 58.0 Å². The Morgan fingerprint density at radius 3 is 2.47 bits per heavy atom. The molecule has 0 radical (unpaired) electrons. The van der Waals surface area contributed by atoms with Crippen LogP contribution in [0.5, 0.6) is 0 Å². The summed E-state index contributed by atoms with van der Waals surface area (Å²) in [5.41, 5.74) is 1.65. The molecule has 2 aromatic carbocycles. The van der Waals surface area contributed by atoms with Gasteiger partial charge in [0, 0.05) is 32.6 Å². The third kappa shape index (κ3) is 5.65. The van der Waals surface area contributed by atoms with Gasteiger partial charge in [0.25, 0.3) is 0 Å². The second-order valence-corrected chi connectivity index (χ2v) is 9.45.